The molecule has 0 aliphatic heterocycles. The smallest absolute Gasteiger partial charge is 0.0711 e. The molecule has 0 aromatic carbocycles. The molecule has 0 amide bonds. The molecule has 126 valence electrons. The molecule has 0 nitrogen and oxygen atoms in total. The van der Waals surface area contributed by atoms with E-state index in [4.69, 9.17) is 0 Å². The van der Waals surface area contributed by atoms with E-state index in [1.807, 2.05) is 45.3 Å². The van der Waals surface area contributed by atoms with Crippen LogP contribution in [0, 0.1) is 0 Å². The van der Waals surface area contributed by atoms with Crippen LogP contribution in [0.25, 0.3) is 22.3 Å². The first-order valence-electron chi connectivity index (χ1n) is 7.89. The van der Waals surface area contributed by atoms with Crippen LogP contribution < -0.4 is 0 Å². The minimum Gasteiger partial charge on any atom is -0.144 e. The average molecular weight is 536 g/mol. The van der Waals surface area contributed by atoms with Crippen LogP contribution in [0.5, 0.6) is 0 Å². The number of hydrogen-bond acceptors (Lipinski definition) is 4. The van der Waals surface area contributed by atoms with Crippen molar-refractivity contribution >= 4 is 99.5 Å². The Labute approximate surface area is 183 Å². The van der Waals surface area contributed by atoms with Gasteiger partial charge in [0.05, 0.1) is 7.57 Å². The van der Waals surface area contributed by atoms with Gasteiger partial charge in [-0.15, -0.1) is 45.3 Å². The lowest BCUT2D eigenvalue weighted by Crippen LogP contribution is -1.83. The second kappa shape index (κ2) is 5.87. The maximum Gasteiger partial charge on any atom is 0.0711 e. The van der Waals surface area contributed by atoms with Crippen molar-refractivity contribution in [3.8, 4) is 0 Å². The van der Waals surface area contributed by atoms with Gasteiger partial charge in [-0.05, 0) is 66.9 Å². The Hall–Kier alpha value is -0.760. The number of allylic oxidation sites excluding steroid dienone is 2. The Bertz CT molecular complexity index is 1130. The molecular weight excluding hydrogens is 528 g/mol. The van der Waals surface area contributed by atoms with E-state index in [1.54, 1.807) is 0 Å². The largest absolute Gasteiger partial charge is 0.144 e. The fourth-order valence-electron chi connectivity index (χ4n) is 3.79. The van der Waals surface area contributed by atoms with Crippen LogP contribution in [0.1, 0.15) is 30.6 Å². The summed E-state index contributed by atoms with van der Waals surface area (Å²) in [6.07, 6.45) is 0. The lowest BCUT2D eigenvalue weighted by molar-refractivity contribution is 1.74. The van der Waals surface area contributed by atoms with E-state index in [0.717, 1.165) is 0 Å². The van der Waals surface area contributed by atoms with Gasteiger partial charge in [-0.1, -0.05) is 12.1 Å². The standard InChI is InChI=1S/C20H8Br2S4/c21-13-8-10-16-15(17(19(10)25-13)11-3-1-5-23-11)9-7-14(22)26-20(9)18(16)12-4-2-6-24-12/h1-8H. The van der Waals surface area contributed by atoms with Gasteiger partial charge >= 0.3 is 0 Å². The number of hydrogen-bond donors (Lipinski definition) is 0. The number of thiophene rings is 4. The van der Waals surface area contributed by atoms with E-state index in [1.165, 1.54) is 60.5 Å². The van der Waals surface area contributed by atoms with Crippen molar-refractivity contribution in [2.24, 2.45) is 0 Å². The maximum atomic E-state index is 3.73. The molecule has 6 heteroatoms. The summed E-state index contributed by atoms with van der Waals surface area (Å²) in [6, 6.07) is 13.4. The van der Waals surface area contributed by atoms with Gasteiger partial charge in [-0.25, -0.2) is 0 Å². The Kier molecular flexibility index (Phi) is 3.66. The zero-order valence-electron chi connectivity index (χ0n) is 13.0. The molecule has 0 spiro atoms. The highest BCUT2D eigenvalue weighted by atomic mass is 79.9. The van der Waals surface area contributed by atoms with E-state index in [0.29, 0.717) is 0 Å². The first kappa shape index (κ1) is 16.2. The van der Waals surface area contributed by atoms with Gasteiger partial charge in [0.25, 0.3) is 0 Å². The molecule has 26 heavy (non-hydrogen) atoms. The van der Waals surface area contributed by atoms with Crippen LogP contribution >= 0.6 is 77.2 Å². The highest BCUT2D eigenvalue weighted by molar-refractivity contribution is 9.11. The van der Waals surface area contributed by atoms with E-state index in [-0.39, 0.29) is 0 Å². The molecule has 4 heterocycles. The predicted octanol–water partition coefficient (Wildman–Crippen LogP) is 8.70. The van der Waals surface area contributed by atoms with E-state index >= 15 is 0 Å². The molecule has 6 rings (SSSR count). The first-order chi connectivity index (χ1) is 12.7. The van der Waals surface area contributed by atoms with Gasteiger partial charge < -0.3 is 0 Å². The van der Waals surface area contributed by atoms with Gasteiger partial charge in [-0.3, -0.25) is 0 Å². The van der Waals surface area contributed by atoms with Crippen molar-refractivity contribution in [1.29, 1.82) is 0 Å². The maximum absolute atomic E-state index is 3.73. The number of rotatable bonds is 2. The predicted molar refractivity (Wildman–Crippen MR) is 125 cm³/mol. The first-order valence-corrected chi connectivity index (χ1v) is 12.9. The van der Waals surface area contributed by atoms with Crippen LogP contribution in [0.3, 0.4) is 0 Å². The summed E-state index contributed by atoms with van der Waals surface area (Å²) in [7, 11) is 0. The molecule has 0 bridgehead atoms. The van der Waals surface area contributed by atoms with E-state index < -0.39 is 0 Å². The fraction of sp³-hybridized carbons (Fsp3) is 0. The normalized spacial score (nSPS) is 15.0. The van der Waals surface area contributed by atoms with Crippen LogP contribution in [0.4, 0.5) is 0 Å². The van der Waals surface area contributed by atoms with E-state index in [2.05, 4.69) is 79.0 Å². The van der Waals surface area contributed by atoms with Gasteiger partial charge in [0.15, 0.2) is 0 Å². The minimum atomic E-state index is 1.20. The molecule has 0 unspecified atom stereocenters. The molecule has 4 aromatic rings. The topological polar surface area (TPSA) is 0 Å². The Morgan fingerprint density at radius 1 is 0.615 bits per heavy atom. The third kappa shape index (κ3) is 2.14. The Morgan fingerprint density at radius 3 is 1.46 bits per heavy atom. The van der Waals surface area contributed by atoms with Crippen molar-refractivity contribution < 1.29 is 0 Å². The van der Waals surface area contributed by atoms with Gasteiger partial charge in [0.2, 0.25) is 0 Å². The summed E-state index contributed by atoms with van der Waals surface area (Å²) >= 11 is 14.8. The van der Waals surface area contributed by atoms with Crippen molar-refractivity contribution in [1.82, 2.24) is 0 Å². The Balaban J connectivity index is 1.80. The Morgan fingerprint density at radius 2 is 1.08 bits per heavy atom. The second-order valence-electron chi connectivity index (χ2n) is 6.04. The van der Waals surface area contributed by atoms with Crippen molar-refractivity contribution in [3.63, 3.8) is 0 Å². The zero-order chi connectivity index (χ0) is 17.4. The molecule has 0 atom stereocenters. The minimum absolute atomic E-state index is 1.20. The summed E-state index contributed by atoms with van der Waals surface area (Å²) in [5.74, 6) is 0. The van der Waals surface area contributed by atoms with Crippen LogP contribution in [-0.4, -0.2) is 0 Å². The zero-order valence-corrected chi connectivity index (χ0v) is 19.4. The number of fused-ring (bicyclic) bond motifs is 5. The van der Waals surface area contributed by atoms with Gasteiger partial charge in [-0.2, -0.15) is 0 Å². The van der Waals surface area contributed by atoms with Crippen LogP contribution in [0.15, 0.2) is 54.7 Å². The van der Waals surface area contributed by atoms with Crippen molar-refractivity contribution in [3.05, 3.63) is 85.4 Å². The number of halogens is 2. The molecule has 0 saturated heterocycles. The molecule has 0 fully saturated rings. The molecule has 4 aromatic heterocycles. The summed E-state index contributed by atoms with van der Waals surface area (Å²) < 4.78 is 2.40. The molecule has 0 N–H and O–H groups in total. The molecule has 0 saturated carbocycles. The molecule has 2 aliphatic carbocycles. The monoisotopic (exact) mass is 534 g/mol. The average Bonchev–Trinajstić information content (AvgIpc) is 3.36. The summed E-state index contributed by atoms with van der Waals surface area (Å²) in [5, 5.41) is 4.35. The van der Waals surface area contributed by atoms with Crippen molar-refractivity contribution in [2.75, 3.05) is 0 Å². The van der Waals surface area contributed by atoms with Gasteiger partial charge in [0.1, 0.15) is 0 Å². The van der Waals surface area contributed by atoms with Crippen LogP contribution in [-0.2, 0) is 0 Å². The summed E-state index contributed by atoms with van der Waals surface area (Å²) in [6.45, 7) is 0. The third-order valence-electron chi connectivity index (χ3n) is 4.68. The van der Waals surface area contributed by atoms with Crippen molar-refractivity contribution in [2.45, 2.75) is 0 Å². The third-order valence-corrected chi connectivity index (χ3v) is 9.77. The SMILES string of the molecule is Brc1cc2c(s1)C(c1cccs1)=C1C2=C(c2cccs2)c2sc(Br)cc21. The highest BCUT2D eigenvalue weighted by Gasteiger charge is 2.40. The lowest BCUT2D eigenvalue weighted by Gasteiger charge is -2.04. The lowest BCUT2D eigenvalue weighted by atomic mass is 10.0. The fourth-order valence-corrected chi connectivity index (χ4v) is 8.83. The molecular formula is C20H8Br2S4. The summed E-state index contributed by atoms with van der Waals surface area (Å²) in [5.41, 5.74) is 8.40. The van der Waals surface area contributed by atoms with Gasteiger partial charge in [0, 0.05) is 52.9 Å². The quantitative estimate of drug-likeness (QED) is 0.241. The van der Waals surface area contributed by atoms with E-state index in [9.17, 15) is 0 Å². The highest BCUT2D eigenvalue weighted by Crippen LogP contribution is 2.63. The van der Waals surface area contributed by atoms with Crippen LogP contribution in [0.2, 0.25) is 0 Å². The second-order valence-corrected chi connectivity index (χ2v) is 12.8. The summed E-state index contributed by atoms with van der Waals surface area (Å²) in [4.78, 5) is 5.50. The molecule has 0 radical (unpaired) electrons. The molecule has 2 aliphatic rings.